The quantitative estimate of drug-likeness (QED) is 0.402. The molecular formula is C25H23NO3. The summed E-state index contributed by atoms with van der Waals surface area (Å²) in [6.07, 6.45) is 1.68. The molecule has 0 bridgehead atoms. The van der Waals surface area contributed by atoms with Gasteiger partial charge in [0.25, 0.3) is 0 Å². The highest BCUT2D eigenvalue weighted by Gasteiger charge is 2.23. The van der Waals surface area contributed by atoms with E-state index in [2.05, 4.69) is 4.99 Å². The van der Waals surface area contributed by atoms with Gasteiger partial charge in [-0.1, -0.05) is 23.8 Å². The Hall–Kier alpha value is -3.53. The number of hydrogen-bond donors (Lipinski definition) is 1. The first-order valence-corrected chi connectivity index (χ1v) is 9.56. The number of hydrogen-bond acceptors (Lipinski definition) is 4. The van der Waals surface area contributed by atoms with Gasteiger partial charge >= 0.3 is 0 Å². The first-order chi connectivity index (χ1) is 14.0. The third kappa shape index (κ3) is 4.16. The molecule has 0 saturated carbocycles. The Labute approximate surface area is 170 Å². The minimum Gasteiger partial charge on any atom is -0.507 e. The lowest BCUT2D eigenvalue weighted by molar-refractivity contribution is 0.428. The van der Waals surface area contributed by atoms with Crippen LogP contribution in [0.3, 0.4) is 0 Å². The molecule has 0 fully saturated rings. The Bertz CT molecular complexity index is 1110. The zero-order valence-electron chi connectivity index (χ0n) is 16.7. The van der Waals surface area contributed by atoms with E-state index in [0.717, 1.165) is 39.9 Å². The van der Waals surface area contributed by atoms with Crippen LogP contribution in [0, 0.1) is 20.8 Å². The van der Waals surface area contributed by atoms with Gasteiger partial charge < -0.3 is 13.9 Å². The van der Waals surface area contributed by atoms with Crippen molar-refractivity contribution in [1.82, 2.24) is 0 Å². The van der Waals surface area contributed by atoms with E-state index in [1.54, 1.807) is 12.3 Å². The van der Waals surface area contributed by atoms with Crippen LogP contribution in [0.5, 0.6) is 5.75 Å². The van der Waals surface area contributed by atoms with Crippen LogP contribution in [0.25, 0.3) is 0 Å². The third-order valence-electron chi connectivity index (χ3n) is 4.85. The molecule has 0 radical (unpaired) electrons. The Morgan fingerprint density at radius 3 is 1.97 bits per heavy atom. The molecule has 2 aromatic carbocycles. The van der Waals surface area contributed by atoms with E-state index in [1.807, 2.05) is 81.4 Å². The molecule has 0 amide bonds. The number of furan rings is 2. The number of benzene rings is 2. The van der Waals surface area contributed by atoms with Gasteiger partial charge in [0, 0.05) is 11.8 Å². The first kappa shape index (κ1) is 18.8. The van der Waals surface area contributed by atoms with E-state index >= 15 is 0 Å². The molecule has 4 nitrogen and oxygen atoms in total. The van der Waals surface area contributed by atoms with E-state index < -0.39 is 0 Å². The van der Waals surface area contributed by atoms with Crippen LogP contribution in [0.1, 0.15) is 45.6 Å². The Morgan fingerprint density at radius 2 is 1.41 bits per heavy atom. The van der Waals surface area contributed by atoms with Crippen molar-refractivity contribution in [3.05, 3.63) is 106 Å². The van der Waals surface area contributed by atoms with E-state index in [9.17, 15) is 5.11 Å². The molecule has 2 aromatic heterocycles. The summed E-state index contributed by atoms with van der Waals surface area (Å²) in [4.78, 5) is 4.50. The first-order valence-electron chi connectivity index (χ1n) is 9.56. The summed E-state index contributed by atoms with van der Waals surface area (Å²) in [5.41, 5.74) is 3.64. The zero-order chi connectivity index (χ0) is 20.4. The fraction of sp³-hybridized carbons (Fsp3) is 0.160. The van der Waals surface area contributed by atoms with Crippen molar-refractivity contribution in [3.63, 3.8) is 0 Å². The lowest BCUT2D eigenvalue weighted by atomic mass is 9.94. The van der Waals surface area contributed by atoms with Crippen molar-refractivity contribution in [2.75, 3.05) is 0 Å². The summed E-state index contributed by atoms with van der Waals surface area (Å²) < 4.78 is 11.8. The van der Waals surface area contributed by atoms with Gasteiger partial charge in [0.05, 0.1) is 5.69 Å². The van der Waals surface area contributed by atoms with Gasteiger partial charge in [-0.3, -0.25) is 4.99 Å². The number of aryl methyl sites for hydroxylation is 3. The molecule has 2 heterocycles. The van der Waals surface area contributed by atoms with Crippen LogP contribution in [0.2, 0.25) is 0 Å². The molecule has 0 atom stereocenters. The minimum absolute atomic E-state index is 0.115. The summed E-state index contributed by atoms with van der Waals surface area (Å²) in [5, 5.41) is 9.97. The second-order valence-electron chi connectivity index (χ2n) is 7.24. The fourth-order valence-electron chi connectivity index (χ4n) is 3.36. The van der Waals surface area contributed by atoms with Crippen molar-refractivity contribution < 1.29 is 13.9 Å². The lowest BCUT2D eigenvalue weighted by Gasteiger charge is -2.13. The number of nitrogens with zero attached hydrogens (tertiary/aromatic N) is 1. The van der Waals surface area contributed by atoms with Crippen LogP contribution in [0.15, 0.2) is 80.6 Å². The molecule has 29 heavy (non-hydrogen) atoms. The molecule has 0 unspecified atom stereocenters. The smallest absolute Gasteiger partial charge is 0.124 e. The maximum absolute atomic E-state index is 9.97. The van der Waals surface area contributed by atoms with Crippen LogP contribution in [0.4, 0.5) is 5.69 Å². The van der Waals surface area contributed by atoms with Crippen molar-refractivity contribution in [2.45, 2.75) is 26.7 Å². The van der Waals surface area contributed by atoms with Crippen molar-refractivity contribution in [2.24, 2.45) is 4.99 Å². The Morgan fingerprint density at radius 1 is 0.793 bits per heavy atom. The summed E-state index contributed by atoms with van der Waals surface area (Å²) in [6, 6.07) is 21.3. The standard InChI is InChI=1S/C25H23NO3/c1-16-4-11-22(27)20(14-16)15-26-21-9-7-19(8-10-21)25(23-12-5-17(2)28-23)24-13-6-18(3)29-24/h4-15,25,27H,1-3H3. The average molecular weight is 385 g/mol. The monoisotopic (exact) mass is 385 g/mol. The molecule has 4 heteroatoms. The van der Waals surface area contributed by atoms with Crippen molar-refractivity contribution in [3.8, 4) is 5.75 Å². The van der Waals surface area contributed by atoms with E-state index in [4.69, 9.17) is 8.83 Å². The molecule has 0 saturated heterocycles. The highest BCUT2D eigenvalue weighted by molar-refractivity contribution is 5.85. The molecule has 0 spiro atoms. The summed E-state index contributed by atoms with van der Waals surface area (Å²) in [7, 11) is 0. The molecular weight excluding hydrogens is 362 g/mol. The van der Waals surface area contributed by atoms with Gasteiger partial charge in [-0.15, -0.1) is 0 Å². The van der Waals surface area contributed by atoms with Crippen molar-refractivity contribution in [1.29, 1.82) is 0 Å². The van der Waals surface area contributed by atoms with Gasteiger partial charge in [-0.2, -0.15) is 0 Å². The Kier molecular flexibility index (Phi) is 5.09. The van der Waals surface area contributed by atoms with Gasteiger partial charge in [-0.25, -0.2) is 0 Å². The molecule has 1 N–H and O–H groups in total. The van der Waals surface area contributed by atoms with Crippen LogP contribution >= 0.6 is 0 Å². The van der Waals surface area contributed by atoms with Crippen LogP contribution < -0.4 is 0 Å². The molecule has 0 aliphatic carbocycles. The normalized spacial score (nSPS) is 11.6. The number of aliphatic imine (C=N–C) groups is 1. The SMILES string of the molecule is Cc1ccc(O)c(C=Nc2ccc(C(c3ccc(C)o3)c3ccc(C)o3)cc2)c1. The minimum atomic E-state index is -0.115. The molecule has 146 valence electrons. The fourth-order valence-corrected chi connectivity index (χ4v) is 3.36. The average Bonchev–Trinajstić information content (AvgIpc) is 3.32. The van der Waals surface area contributed by atoms with Gasteiger partial charge in [-0.05, 0) is 74.9 Å². The van der Waals surface area contributed by atoms with Crippen molar-refractivity contribution >= 4 is 11.9 Å². The van der Waals surface area contributed by atoms with Crippen LogP contribution in [-0.2, 0) is 0 Å². The highest BCUT2D eigenvalue weighted by atomic mass is 16.4. The summed E-state index contributed by atoms with van der Waals surface area (Å²) in [5.74, 6) is 3.53. The molecule has 4 rings (SSSR count). The van der Waals surface area contributed by atoms with Gasteiger partial charge in [0.1, 0.15) is 34.7 Å². The number of aromatic hydroxyl groups is 1. The summed E-state index contributed by atoms with van der Waals surface area (Å²) in [6.45, 7) is 5.86. The highest BCUT2D eigenvalue weighted by Crippen LogP contribution is 2.34. The molecule has 0 aliphatic rings. The predicted octanol–water partition coefficient (Wildman–Crippen LogP) is 6.43. The number of rotatable bonds is 5. The number of phenolic OH excluding ortho intramolecular Hbond substituents is 1. The van der Waals surface area contributed by atoms with Gasteiger partial charge in [0.2, 0.25) is 0 Å². The maximum atomic E-state index is 9.97. The molecule has 4 aromatic rings. The maximum Gasteiger partial charge on any atom is 0.124 e. The lowest BCUT2D eigenvalue weighted by Crippen LogP contribution is -2.00. The largest absolute Gasteiger partial charge is 0.507 e. The van der Waals surface area contributed by atoms with E-state index in [-0.39, 0.29) is 11.7 Å². The molecule has 0 aliphatic heterocycles. The predicted molar refractivity (Wildman–Crippen MR) is 114 cm³/mol. The number of phenols is 1. The topological polar surface area (TPSA) is 58.9 Å². The van der Waals surface area contributed by atoms with Crippen LogP contribution in [-0.4, -0.2) is 11.3 Å². The second-order valence-corrected chi connectivity index (χ2v) is 7.24. The van der Waals surface area contributed by atoms with Gasteiger partial charge in [0.15, 0.2) is 0 Å². The zero-order valence-corrected chi connectivity index (χ0v) is 16.7. The van der Waals surface area contributed by atoms with E-state index in [1.165, 1.54) is 0 Å². The summed E-state index contributed by atoms with van der Waals surface area (Å²) >= 11 is 0. The second kappa shape index (κ2) is 7.84. The van der Waals surface area contributed by atoms with E-state index in [0.29, 0.717) is 5.56 Å². The Balaban J connectivity index is 1.64. The third-order valence-corrected chi connectivity index (χ3v) is 4.85.